The molecule has 2 rings (SSSR count). The first-order valence-electron chi connectivity index (χ1n) is 6.98. The normalized spacial score (nSPS) is 10.5. The zero-order chi connectivity index (χ0) is 15.9. The molecule has 7 heteroatoms. The molecule has 7 nitrogen and oxygen atoms in total. The average molecular weight is 302 g/mol. The van der Waals surface area contributed by atoms with Crippen molar-refractivity contribution < 1.29 is 14.3 Å². The van der Waals surface area contributed by atoms with Crippen LogP contribution in [0.25, 0.3) is 5.82 Å². The number of pyridine rings is 1. The van der Waals surface area contributed by atoms with E-state index in [4.69, 9.17) is 4.74 Å². The second-order valence-electron chi connectivity index (χ2n) is 4.92. The number of hydrogen-bond acceptors (Lipinski definition) is 5. The number of imidazole rings is 1. The van der Waals surface area contributed by atoms with Crippen molar-refractivity contribution in [2.24, 2.45) is 0 Å². The predicted octanol–water partition coefficient (Wildman–Crippen LogP) is 1.34. The third-order valence-electron chi connectivity index (χ3n) is 2.76. The highest BCUT2D eigenvalue weighted by Gasteiger charge is 2.09. The first kappa shape index (κ1) is 15.7. The monoisotopic (exact) mass is 302 g/mol. The fourth-order valence-corrected chi connectivity index (χ4v) is 1.77. The van der Waals surface area contributed by atoms with Crippen molar-refractivity contribution in [2.75, 3.05) is 6.54 Å². The number of rotatable bonds is 6. The van der Waals surface area contributed by atoms with Gasteiger partial charge in [0.2, 0.25) is 0 Å². The minimum absolute atomic E-state index is 0.143. The summed E-state index contributed by atoms with van der Waals surface area (Å²) in [4.78, 5) is 31.4. The summed E-state index contributed by atoms with van der Waals surface area (Å²) in [7, 11) is 0. The summed E-state index contributed by atoms with van der Waals surface area (Å²) < 4.78 is 6.72. The Morgan fingerprint density at radius 3 is 2.77 bits per heavy atom. The molecular formula is C15H18N4O3. The molecule has 1 amide bonds. The molecule has 0 radical (unpaired) electrons. The topological polar surface area (TPSA) is 86.1 Å². The van der Waals surface area contributed by atoms with E-state index >= 15 is 0 Å². The summed E-state index contributed by atoms with van der Waals surface area (Å²) >= 11 is 0. The SMILES string of the molecule is CC(C)OC(=O)CCNC(=O)c1ccc(-n2ccnc2)nc1. The number of nitrogens with zero attached hydrogens (tertiary/aromatic N) is 3. The van der Waals surface area contributed by atoms with Gasteiger partial charge in [-0.05, 0) is 26.0 Å². The van der Waals surface area contributed by atoms with E-state index in [2.05, 4.69) is 15.3 Å². The van der Waals surface area contributed by atoms with Crippen molar-refractivity contribution >= 4 is 11.9 Å². The van der Waals surface area contributed by atoms with Crippen molar-refractivity contribution in [1.82, 2.24) is 19.9 Å². The standard InChI is InChI=1S/C15H18N4O3/c1-11(2)22-14(20)5-6-17-15(21)12-3-4-13(18-9-12)19-8-7-16-10-19/h3-4,7-11H,5-6H2,1-2H3,(H,17,21). The molecule has 0 aliphatic heterocycles. The number of nitrogens with one attached hydrogen (secondary N) is 1. The van der Waals surface area contributed by atoms with Gasteiger partial charge in [0.15, 0.2) is 0 Å². The molecule has 22 heavy (non-hydrogen) atoms. The maximum absolute atomic E-state index is 11.9. The van der Waals surface area contributed by atoms with Gasteiger partial charge in [0.1, 0.15) is 12.1 Å². The van der Waals surface area contributed by atoms with Gasteiger partial charge in [-0.3, -0.25) is 14.2 Å². The molecule has 0 saturated carbocycles. The number of carbonyl (C=O) groups excluding carboxylic acids is 2. The van der Waals surface area contributed by atoms with Crippen LogP contribution < -0.4 is 5.32 Å². The van der Waals surface area contributed by atoms with Crippen LogP contribution in [-0.2, 0) is 9.53 Å². The fraction of sp³-hybridized carbons (Fsp3) is 0.333. The Labute approximate surface area is 128 Å². The van der Waals surface area contributed by atoms with Crippen LogP contribution in [0.4, 0.5) is 0 Å². The van der Waals surface area contributed by atoms with E-state index in [-0.39, 0.29) is 30.9 Å². The van der Waals surface area contributed by atoms with E-state index in [9.17, 15) is 9.59 Å². The Bertz CT molecular complexity index is 621. The molecule has 0 aromatic carbocycles. The predicted molar refractivity (Wildman–Crippen MR) is 79.5 cm³/mol. The first-order chi connectivity index (χ1) is 10.6. The van der Waals surface area contributed by atoms with Crippen molar-refractivity contribution in [3.05, 3.63) is 42.6 Å². The van der Waals surface area contributed by atoms with Gasteiger partial charge in [-0.1, -0.05) is 0 Å². The lowest BCUT2D eigenvalue weighted by Crippen LogP contribution is -2.27. The van der Waals surface area contributed by atoms with Crippen LogP contribution in [0.1, 0.15) is 30.6 Å². The Morgan fingerprint density at radius 2 is 2.18 bits per heavy atom. The molecular weight excluding hydrogens is 284 g/mol. The van der Waals surface area contributed by atoms with Crippen LogP contribution in [0.2, 0.25) is 0 Å². The maximum atomic E-state index is 11.9. The average Bonchev–Trinajstić information content (AvgIpc) is 3.00. The van der Waals surface area contributed by atoms with Gasteiger partial charge in [-0.25, -0.2) is 9.97 Å². The van der Waals surface area contributed by atoms with Crippen LogP contribution in [-0.4, -0.2) is 39.1 Å². The van der Waals surface area contributed by atoms with Gasteiger partial charge in [0, 0.05) is 25.1 Å². The summed E-state index contributed by atoms with van der Waals surface area (Å²) in [6.45, 7) is 3.79. The largest absolute Gasteiger partial charge is 0.463 e. The highest BCUT2D eigenvalue weighted by atomic mass is 16.5. The summed E-state index contributed by atoms with van der Waals surface area (Å²) in [5.74, 6) is 0.0699. The van der Waals surface area contributed by atoms with E-state index in [0.29, 0.717) is 11.4 Å². The Kier molecular flexibility index (Phi) is 5.24. The molecule has 2 aromatic heterocycles. The molecule has 0 unspecified atom stereocenters. The van der Waals surface area contributed by atoms with Gasteiger partial charge in [-0.15, -0.1) is 0 Å². The number of aromatic nitrogens is 3. The zero-order valence-electron chi connectivity index (χ0n) is 12.5. The number of ether oxygens (including phenoxy) is 1. The summed E-state index contributed by atoms with van der Waals surface area (Å²) in [6, 6.07) is 3.40. The lowest BCUT2D eigenvalue weighted by atomic mass is 10.2. The Hall–Kier alpha value is -2.70. The van der Waals surface area contributed by atoms with Crippen LogP contribution in [0, 0.1) is 0 Å². The van der Waals surface area contributed by atoms with Crippen molar-refractivity contribution in [3.8, 4) is 5.82 Å². The zero-order valence-corrected chi connectivity index (χ0v) is 12.5. The molecule has 0 saturated heterocycles. The smallest absolute Gasteiger partial charge is 0.307 e. The minimum atomic E-state index is -0.330. The molecule has 0 bridgehead atoms. The number of hydrogen-bond donors (Lipinski definition) is 1. The second-order valence-corrected chi connectivity index (χ2v) is 4.92. The van der Waals surface area contributed by atoms with Crippen molar-refractivity contribution in [3.63, 3.8) is 0 Å². The molecule has 0 aliphatic rings. The summed E-state index contributed by atoms with van der Waals surface area (Å²) in [5, 5.41) is 2.66. The molecule has 1 N–H and O–H groups in total. The third kappa shape index (κ3) is 4.41. The van der Waals surface area contributed by atoms with Crippen molar-refractivity contribution in [1.29, 1.82) is 0 Å². The lowest BCUT2D eigenvalue weighted by Gasteiger charge is -2.08. The van der Waals surface area contributed by atoms with Gasteiger partial charge in [0.05, 0.1) is 18.1 Å². The first-order valence-corrected chi connectivity index (χ1v) is 6.98. The van der Waals surface area contributed by atoms with E-state index in [1.54, 1.807) is 49.3 Å². The van der Waals surface area contributed by atoms with Gasteiger partial charge in [-0.2, -0.15) is 0 Å². The highest BCUT2D eigenvalue weighted by molar-refractivity contribution is 5.94. The molecule has 116 valence electrons. The van der Waals surface area contributed by atoms with Crippen molar-refractivity contribution in [2.45, 2.75) is 26.4 Å². The number of amides is 1. The lowest BCUT2D eigenvalue weighted by molar-refractivity contribution is -0.147. The fourth-order valence-electron chi connectivity index (χ4n) is 1.77. The Balaban J connectivity index is 1.84. The van der Waals surface area contributed by atoms with E-state index in [0.717, 1.165) is 0 Å². The van der Waals surface area contributed by atoms with Gasteiger partial charge in [0.25, 0.3) is 5.91 Å². The minimum Gasteiger partial charge on any atom is -0.463 e. The number of carbonyl (C=O) groups is 2. The number of esters is 1. The van der Waals surface area contributed by atoms with Crippen LogP contribution in [0.15, 0.2) is 37.1 Å². The summed E-state index contributed by atoms with van der Waals surface area (Å²) in [5.41, 5.74) is 0.432. The third-order valence-corrected chi connectivity index (χ3v) is 2.76. The second kappa shape index (κ2) is 7.35. The van der Waals surface area contributed by atoms with Gasteiger partial charge >= 0.3 is 5.97 Å². The highest BCUT2D eigenvalue weighted by Crippen LogP contribution is 2.05. The van der Waals surface area contributed by atoms with Gasteiger partial charge < -0.3 is 10.1 Å². The molecule has 2 heterocycles. The van der Waals surface area contributed by atoms with E-state index in [1.165, 1.54) is 6.20 Å². The maximum Gasteiger partial charge on any atom is 0.307 e. The molecule has 0 fully saturated rings. The molecule has 0 atom stereocenters. The van der Waals surface area contributed by atoms with Crippen LogP contribution in [0.5, 0.6) is 0 Å². The summed E-state index contributed by atoms with van der Waals surface area (Å²) in [6.07, 6.45) is 6.52. The molecule has 0 spiro atoms. The van der Waals surface area contributed by atoms with E-state index in [1.807, 2.05) is 0 Å². The molecule has 2 aromatic rings. The van der Waals surface area contributed by atoms with Crippen LogP contribution in [0.3, 0.4) is 0 Å². The molecule has 0 aliphatic carbocycles. The Morgan fingerprint density at radius 1 is 1.36 bits per heavy atom. The van der Waals surface area contributed by atoms with E-state index < -0.39 is 0 Å². The van der Waals surface area contributed by atoms with Crippen LogP contribution >= 0.6 is 0 Å². The quantitative estimate of drug-likeness (QED) is 0.814.